The number of halogens is 2. The van der Waals surface area contributed by atoms with Crippen molar-refractivity contribution in [1.29, 1.82) is 0 Å². The van der Waals surface area contributed by atoms with Crippen molar-refractivity contribution < 1.29 is 19.0 Å². The Balaban J connectivity index is 2.10. The van der Waals surface area contributed by atoms with E-state index in [1.807, 2.05) is 0 Å². The number of carboxylic acid groups (broad SMARTS) is 1. The van der Waals surface area contributed by atoms with E-state index < -0.39 is 5.97 Å². The fourth-order valence-electron chi connectivity index (χ4n) is 1.52. The monoisotopic (exact) mass is 324 g/mol. The zero-order valence-electron chi connectivity index (χ0n) is 9.77. The van der Waals surface area contributed by atoms with Crippen LogP contribution in [0.25, 0.3) is 0 Å². The van der Waals surface area contributed by atoms with Crippen LogP contribution in [0.2, 0.25) is 0 Å². The van der Waals surface area contributed by atoms with Crippen molar-refractivity contribution in [3.05, 3.63) is 63.9 Å². The van der Waals surface area contributed by atoms with Crippen LogP contribution in [0, 0.1) is 5.82 Å². The molecule has 0 aliphatic carbocycles. The second-order valence-corrected chi connectivity index (χ2v) is 4.71. The first-order valence-corrected chi connectivity index (χ1v) is 6.25. The largest absolute Gasteiger partial charge is 0.489 e. The lowest BCUT2D eigenvalue weighted by atomic mass is 10.2. The maximum absolute atomic E-state index is 12.9. The van der Waals surface area contributed by atoms with Crippen molar-refractivity contribution in [2.45, 2.75) is 6.61 Å². The summed E-state index contributed by atoms with van der Waals surface area (Å²) < 4.78 is 19.0. The number of rotatable bonds is 4. The summed E-state index contributed by atoms with van der Waals surface area (Å²) in [5, 5.41) is 8.86. The molecule has 0 aromatic heterocycles. The predicted molar refractivity (Wildman–Crippen MR) is 71.8 cm³/mol. The lowest BCUT2D eigenvalue weighted by Gasteiger charge is -2.08. The lowest BCUT2D eigenvalue weighted by Crippen LogP contribution is -2.00. The Kier molecular flexibility index (Phi) is 4.16. The third-order valence-corrected chi connectivity index (χ3v) is 3.23. The van der Waals surface area contributed by atoms with Crippen molar-refractivity contribution in [1.82, 2.24) is 0 Å². The van der Waals surface area contributed by atoms with Gasteiger partial charge in [-0.2, -0.15) is 0 Å². The van der Waals surface area contributed by atoms with Gasteiger partial charge in [-0.1, -0.05) is 28.1 Å². The molecular weight excluding hydrogens is 315 g/mol. The van der Waals surface area contributed by atoms with Crippen LogP contribution in [-0.4, -0.2) is 11.1 Å². The molecule has 2 aromatic carbocycles. The molecular formula is C14H10BrFO3. The Morgan fingerprint density at radius 2 is 2.05 bits per heavy atom. The highest BCUT2D eigenvalue weighted by atomic mass is 79.9. The minimum Gasteiger partial charge on any atom is -0.489 e. The third kappa shape index (κ3) is 3.54. The van der Waals surface area contributed by atoms with Gasteiger partial charge < -0.3 is 9.84 Å². The van der Waals surface area contributed by atoms with Gasteiger partial charge in [0, 0.05) is 10.0 Å². The summed E-state index contributed by atoms with van der Waals surface area (Å²) in [5.74, 6) is -0.881. The van der Waals surface area contributed by atoms with E-state index >= 15 is 0 Å². The van der Waals surface area contributed by atoms with Crippen LogP contribution in [0.1, 0.15) is 15.9 Å². The van der Waals surface area contributed by atoms with Crippen molar-refractivity contribution in [2.75, 3.05) is 0 Å². The van der Waals surface area contributed by atoms with E-state index in [0.29, 0.717) is 10.2 Å². The molecule has 0 fully saturated rings. The molecule has 0 heterocycles. The van der Waals surface area contributed by atoms with Crippen molar-refractivity contribution in [3.63, 3.8) is 0 Å². The minimum atomic E-state index is -1.01. The number of benzene rings is 2. The summed E-state index contributed by atoms with van der Waals surface area (Å²) in [6, 6.07) is 10.5. The second kappa shape index (κ2) is 5.84. The highest BCUT2D eigenvalue weighted by Crippen LogP contribution is 2.21. The molecule has 3 nitrogen and oxygen atoms in total. The van der Waals surface area contributed by atoms with Gasteiger partial charge in [-0.3, -0.25) is 0 Å². The lowest BCUT2D eigenvalue weighted by molar-refractivity contribution is 0.0696. The van der Waals surface area contributed by atoms with Gasteiger partial charge in [0.2, 0.25) is 0 Å². The fourth-order valence-corrected chi connectivity index (χ4v) is 1.98. The van der Waals surface area contributed by atoms with Gasteiger partial charge in [0.25, 0.3) is 0 Å². The third-order valence-electron chi connectivity index (χ3n) is 2.49. The Hall–Kier alpha value is -1.88. The van der Waals surface area contributed by atoms with E-state index in [4.69, 9.17) is 9.84 Å². The van der Waals surface area contributed by atoms with Gasteiger partial charge >= 0.3 is 5.97 Å². The number of ether oxygens (including phenoxy) is 1. The molecule has 1 N–H and O–H groups in total. The maximum Gasteiger partial charge on any atom is 0.335 e. The summed E-state index contributed by atoms with van der Waals surface area (Å²) >= 11 is 3.24. The summed E-state index contributed by atoms with van der Waals surface area (Å²) in [6.07, 6.45) is 0. The Bertz CT molecular complexity index is 613. The van der Waals surface area contributed by atoms with E-state index in [2.05, 4.69) is 15.9 Å². The van der Waals surface area contributed by atoms with Gasteiger partial charge in [0.05, 0.1) is 5.56 Å². The standard InChI is InChI=1S/C14H10BrFO3/c15-13-7-11(16)5-4-10(13)8-19-12-3-1-2-9(6-12)14(17)18/h1-7H,8H2,(H,17,18). The smallest absolute Gasteiger partial charge is 0.335 e. The molecule has 0 saturated carbocycles. The first kappa shape index (κ1) is 13.5. The molecule has 0 saturated heterocycles. The molecule has 0 radical (unpaired) electrons. The quantitative estimate of drug-likeness (QED) is 0.928. The molecule has 5 heteroatoms. The Morgan fingerprint density at radius 1 is 1.26 bits per heavy atom. The summed E-state index contributed by atoms with van der Waals surface area (Å²) in [4.78, 5) is 10.8. The van der Waals surface area contributed by atoms with Gasteiger partial charge in [-0.25, -0.2) is 9.18 Å². The highest BCUT2D eigenvalue weighted by Gasteiger charge is 2.06. The van der Waals surface area contributed by atoms with Gasteiger partial charge in [-0.05, 0) is 30.3 Å². The molecule has 98 valence electrons. The van der Waals surface area contributed by atoms with Gasteiger partial charge in [0.1, 0.15) is 18.2 Å². The van der Waals surface area contributed by atoms with Crippen LogP contribution < -0.4 is 4.74 Å². The first-order chi connectivity index (χ1) is 9.06. The molecule has 19 heavy (non-hydrogen) atoms. The number of carbonyl (C=O) groups is 1. The number of carboxylic acids is 1. The fraction of sp³-hybridized carbons (Fsp3) is 0.0714. The molecule has 0 aliphatic heterocycles. The number of hydrogen-bond donors (Lipinski definition) is 1. The number of hydrogen-bond acceptors (Lipinski definition) is 2. The van der Waals surface area contributed by atoms with Gasteiger partial charge in [0.15, 0.2) is 0 Å². The molecule has 0 amide bonds. The van der Waals surface area contributed by atoms with Crippen LogP contribution in [0.4, 0.5) is 4.39 Å². The highest BCUT2D eigenvalue weighted by molar-refractivity contribution is 9.10. The molecule has 0 unspecified atom stereocenters. The second-order valence-electron chi connectivity index (χ2n) is 3.86. The zero-order valence-corrected chi connectivity index (χ0v) is 11.4. The van der Waals surface area contributed by atoms with Crippen LogP contribution in [0.3, 0.4) is 0 Å². The van der Waals surface area contributed by atoms with Crippen LogP contribution in [0.5, 0.6) is 5.75 Å². The summed E-state index contributed by atoms with van der Waals surface area (Å²) in [5.41, 5.74) is 0.942. The van der Waals surface area contributed by atoms with Crippen molar-refractivity contribution in [3.8, 4) is 5.75 Å². The SMILES string of the molecule is O=C(O)c1cccc(OCc2ccc(F)cc2Br)c1. The van der Waals surface area contributed by atoms with E-state index in [-0.39, 0.29) is 18.0 Å². The van der Waals surface area contributed by atoms with Crippen LogP contribution in [-0.2, 0) is 6.61 Å². The van der Waals surface area contributed by atoms with Crippen LogP contribution >= 0.6 is 15.9 Å². The molecule has 0 aliphatic rings. The predicted octanol–water partition coefficient (Wildman–Crippen LogP) is 3.87. The van der Waals surface area contributed by atoms with E-state index in [9.17, 15) is 9.18 Å². The zero-order chi connectivity index (χ0) is 13.8. The topological polar surface area (TPSA) is 46.5 Å². The Labute approximate surface area is 117 Å². The normalized spacial score (nSPS) is 10.2. The molecule has 2 rings (SSSR count). The first-order valence-electron chi connectivity index (χ1n) is 5.46. The Morgan fingerprint density at radius 3 is 2.74 bits per heavy atom. The summed E-state index contributed by atoms with van der Waals surface area (Å²) in [7, 11) is 0. The molecule has 0 spiro atoms. The number of aromatic carboxylic acids is 1. The summed E-state index contributed by atoms with van der Waals surface area (Å²) in [6.45, 7) is 0.226. The molecule has 0 bridgehead atoms. The average molecular weight is 325 g/mol. The maximum atomic E-state index is 12.9. The van der Waals surface area contributed by atoms with Crippen molar-refractivity contribution >= 4 is 21.9 Å². The molecule has 2 aromatic rings. The van der Waals surface area contributed by atoms with Crippen LogP contribution in [0.15, 0.2) is 46.9 Å². The van der Waals surface area contributed by atoms with Gasteiger partial charge in [-0.15, -0.1) is 0 Å². The van der Waals surface area contributed by atoms with Crippen molar-refractivity contribution in [2.24, 2.45) is 0 Å². The molecule has 0 atom stereocenters. The van der Waals surface area contributed by atoms with E-state index in [1.165, 1.54) is 24.3 Å². The van der Waals surface area contributed by atoms with E-state index in [0.717, 1.165) is 5.56 Å². The average Bonchev–Trinajstić information content (AvgIpc) is 2.38. The van der Waals surface area contributed by atoms with E-state index in [1.54, 1.807) is 18.2 Å². The minimum absolute atomic E-state index is 0.163.